The van der Waals surface area contributed by atoms with Gasteiger partial charge >= 0.3 is 0 Å². The zero-order valence-corrected chi connectivity index (χ0v) is 13.0. The number of anilines is 1. The van der Waals surface area contributed by atoms with Gasteiger partial charge in [0, 0.05) is 19.8 Å². The van der Waals surface area contributed by atoms with E-state index in [-0.39, 0.29) is 4.90 Å². The summed E-state index contributed by atoms with van der Waals surface area (Å²) in [5, 5.41) is 4.07. The minimum absolute atomic E-state index is 0.183. The van der Waals surface area contributed by atoms with Crippen molar-refractivity contribution in [3.05, 3.63) is 42.2 Å². The molecule has 1 aromatic carbocycles. The van der Waals surface area contributed by atoms with Crippen LogP contribution in [0.1, 0.15) is 12.0 Å². The summed E-state index contributed by atoms with van der Waals surface area (Å²) in [6.45, 7) is 3.12. The van der Waals surface area contributed by atoms with E-state index in [1.807, 2.05) is 19.1 Å². The van der Waals surface area contributed by atoms with Gasteiger partial charge in [0.15, 0.2) is 0 Å². The molecule has 0 atom stereocenters. The number of sulfonamides is 1. The number of nitrogens with zero attached hydrogens (tertiary/aromatic N) is 3. The molecule has 0 radical (unpaired) electrons. The second kappa shape index (κ2) is 6.28. The van der Waals surface area contributed by atoms with Gasteiger partial charge < -0.3 is 5.73 Å². The Kier molecular flexibility index (Phi) is 4.64. The smallest absolute Gasteiger partial charge is 0.267 e. The van der Waals surface area contributed by atoms with Gasteiger partial charge in [-0.1, -0.05) is 17.7 Å². The molecule has 0 unspecified atom stereocenters. The van der Waals surface area contributed by atoms with Crippen molar-refractivity contribution in [1.29, 1.82) is 0 Å². The van der Waals surface area contributed by atoms with E-state index in [1.165, 1.54) is 23.7 Å². The SMILES string of the molecule is Cc1ccc(N(C)S(=O)(=O)c2cnn(CCCN)c2)cc1. The van der Waals surface area contributed by atoms with Crippen molar-refractivity contribution in [3.8, 4) is 0 Å². The number of rotatable bonds is 6. The third kappa shape index (κ3) is 3.43. The Balaban J connectivity index is 2.24. The molecule has 0 bridgehead atoms. The van der Waals surface area contributed by atoms with Gasteiger partial charge in [0.2, 0.25) is 0 Å². The molecule has 0 saturated heterocycles. The number of aromatic nitrogens is 2. The maximum absolute atomic E-state index is 12.6. The maximum Gasteiger partial charge on any atom is 0.267 e. The molecule has 0 amide bonds. The monoisotopic (exact) mass is 308 g/mol. The third-order valence-corrected chi connectivity index (χ3v) is 5.00. The van der Waals surface area contributed by atoms with Crippen LogP contribution in [-0.4, -0.2) is 31.8 Å². The first-order valence-corrected chi connectivity index (χ1v) is 8.17. The molecule has 6 nitrogen and oxygen atoms in total. The van der Waals surface area contributed by atoms with E-state index in [2.05, 4.69) is 5.10 Å². The van der Waals surface area contributed by atoms with Crippen LogP contribution < -0.4 is 10.0 Å². The summed E-state index contributed by atoms with van der Waals surface area (Å²) >= 11 is 0. The van der Waals surface area contributed by atoms with Crippen molar-refractivity contribution >= 4 is 15.7 Å². The van der Waals surface area contributed by atoms with Gasteiger partial charge in [-0.2, -0.15) is 5.10 Å². The molecule has 2 N–H and O–H groups in total. The van der Waals surface area contributed by atoms with Crippen molar-refractivity contribution < 1.29 is 8.42 Å². The molecule has 0 aliphatic heterocycles. The molecule has 2 aromatic rings. The number of hydrogen-bond donors (Lipinski definition) is 1. The fraction of sp³-hybridized carbons (Fsp3) is 0.357. The lowest BCUT2D eigenvalue weighted by Crippen LogP contribution is -2.26. The molecule has 0 aliphatic carbocycles. The van der Waals surface area contributed by atoms with Crippen LogP contribution in [-0.2, 0) is 16.6 Å². The first kappa shape index (κ1) is 15.5. The number of benzene rings is 1. The van der Waals surface area contributed by atoms with E-state index in [4.69, 9.17) is 5.73 Å². The van der Waals surface area contributed by atoms with E-state index in [1.54, 1.807) is 16.8 Å². The number of hydrogen-bond acceptors (Lipinski definition) is 4. The Bertz CT molecular complexity index is 692. The molecule has 0 saturated carbocycles. The summed E-state index contributed by atoms with van der Waals surface area (Å²) < 4.78 is 28.0. The number of nitrogens with two attached hydrogens (primary N) is 1. The number of aryl methyl sites for hydroxylation is 2. The van der Waals surface area contributed by atoms with Gasteiger partial charge in [-0.15, -0.1) is 0 Å². The molecule has 2 rings (SSSR count). The molecule has 1 heterocycles. The van der Waals surface area contributed by atoms with Gasteiger partial charge in [0.1, 0.15) is 4.90 Å². The zero-order valence-electron chi connectivity index (χ0n) is 12.2. The topological polar surface area (TPSA) is 81.2 Å². The molecule has 1 aromatic heterocycles. The average Bonchev–Trinajstić information content (AvgIpc) is 2.94. The fourth-order valence-electron chi connectivity index (χ4n) is 1.90. The summed E-state index contributed by atoms with van der Waals surface area (Å²) in [5.74, 6) is 0. The first-order valence-electron chi connectivity index (χ1n) is 6.73. The lowest BCUT2D eigenvalue weighted by Gasteiger charge is -2.18. The minimum atomic E-state index is -3.59. The fourth-order valence-corrected chi connectivity index (χ4v) is 3.06. The molecule has 114 valence electrons. The van der Waals surface area contributed by atoms with Crippen LogP contribution >= 0.6 is 0 Å². The van der Waals surface area contributed by atoms with Gasteiger partial charge in [-0.05, 0) is 32.0 Å². The second-order valence-corrected chi connectivity index (χ2v) is 6.86. The predicted octanol–water partition coefficient (Wildman–Crippen LogP) is 1.37. The Morgan fingerprint density at radius 3 is 2.57 bits per heavy atom. The third-order valence-electron chi connectivity index (χ3n) is 3.26. The highest BCUT2D eigenvalue weighted by molar-refractivity contribution is 7.92. The van der Waals surface area contributed by atoms with E-state index in [0.29, 0.717) is 18.8 Å². The Hall–Kier alpha value is -1.86. The largest absolute Gasteiger partial charge is 0.330 e. The lowest BCUT2D eigenvalue weighted by molar-refractivity contribution is 0.581. The second-order valence-electron chi connectivity index (χ2n) is 4.89. The van der Waals surface area contributed by atoms with E-state index in [0.717, 1.165) is 12.0 Å². The summed E-state index contributed by atoms with van der Waals surface area (Å²) in [7, 11) is -2.05. The van der Waals surface area contributed by atoms with Gasteiger partial charge in [0.05, 0.1) is 11.9 Å². The summed E-state index contributed by atoms with van der Waals surface area (Å²) in [4.78, 5) is 0.183. The van der Waals surface area contributed by atoms with E-state index in [9.17, 15) is 8.42 Å². The van der Waals surface area contributed by atoms with Crippen LogP contribution in [0, 0.1) is 6.92 Å². The lowest BCUT2D eigenvalue weighted by atomic mass is 10.2. The molecule has 0 fully saturated rings. The highest BCUT2D eigenvalue weighted by Crippen LogP contribution is 2.21. The van der Waals surface area contributed by atoms with Crippen LogP contribution in [0.3, 0.4) is 0 Å². The molecule has 7 heteroatoms. The summed E-state index contributed by atoms with van der Waals surface area (Å²) in [6.07, 6.45) is 3.67. The maximum atomic E-state index is 12.6. The Morgan fingerprint density at radius 1 is 1.29 bits per heavy atom. The Labute approximate surface area is 125 Å². The summed E-state index contributed by atoms with van der Waals surface area (Å²) in [5.41, 5.74) is 7.14. The van der Waals surface area contributed by atoms with Gasteiger partial charge in [-0.25, -0.2) is 8.42 Å². The van der Waals surface area contributed by atoms with Crippen LogP contribution in [0.2, 0.25) is 0 Å². The standard InChI is InChI=1S/C14H20N4O2S/c1-12-4-6-13(7-5-12)17(2)21(19,20)14-10-16-18(11-14)9-3-8-15/h4-7,10-11H,3,8-9,15H2,1-2H3. The van der Waals surface area contributed by atoms with Crippen molar-refractivity contribution in [2.75, 3.05) is 17.9 Å². The van der Waals surface area contributed by atoms with E-state index >= 15 is 0 Å². The normalized spacial score (nSPS) is 11.6. The van der Waals surface area contributed by atoms with E-state index < -0.39 is 10.0 Å². The molecule has 21 heavy (non-hydrogen) atoms. The van der Waals surface area contributed by atoms with Crippen molar-refractivity contribution in [2.45, 2.75) is 24.8 Å². The summed E-state index contributed by atoms with van der Waals surface area (Å²) in [6, 6.07) is 7.33. The van der Waals surface area contributed by atoms with Gasteiger partial charge in [-0.3, -0.25) is 8.99 Å². The van der Waals surface area contributed by atoms with Crippen molar-refractivity contribution in [2.24, 2.45) is 5.73 Å². The predicted molar refractivity (Wildman–Crippen MR) is 82.7 cm³/mol. The van der Waals surface area contributed by atoms with Crippen LogP contribution in [0.15, 0.2) is 41.6 Å². The van der Waals surface area contributed by atoms with Crippen LogP contribution in [0.25, 0.3) is 0 Å². The van der Waals surface area contributed by atoms with Crippen LogP contribution in [0.5, 0.6) is 0 Å². The van der Waals surface area contributed by atoms with Crippen molar-refractivity contribution in [1.82, 2.24) is 9.78 Å². The quantitative estimate of drug-likeness (QED) is 0.874. The molecule has 0 spiro atoms. The highest BCUT2D eigenvalue weighted by atomic mass is 32.2. The Morgan fingerprint density at radius 2 is 1.95 bits per heavy atom. The molecular formula is C14H20N4O2S. The first-order chi connectivity index (χ1) is 9.95. The van der Waals surface area contributed by atoms with Crippen LogP contribution in [0.4, 0.5) is 5.69 Å². The van der Waals surface area contributed by atoms with Gasteiger partial charge in [0.25, 0.3) is 10.0 Å². The molecule has 0 aliphatic rings. The zero-order chi connectivity index (χ0) is 15.5. The van der Waals surface area contributed by atoms with Crippen molar-refractivity contribution in [3.63, 3.8) is 0 Å². The minimum Gasteiger partial charge on any atom is -0.330 e. The highest BCUT2D eigenvalue weighted by Gasteiger charge is 2.22. The average molecular weight is 308 g/mol. The molecular weight excluding hydrogens is 288 g/mol.